The van der Waals surface area contributed by atoms with E-state index < -0.39 is 455 Å². The molecule has 0 N–H and O–H groups in total. The fourth-order valence-corrected chi connectivity index (χ4v) is 9.63. The minimum atomic E-state index is -1.03. The summed E-state index contributed by atoms with van der Waals surface area (Å²) in [6.07, 6.45) is 0. The van der Waals surface area contributed by atoms with Crippen LogP contribution in [0.15, 0.2) is 311 Å². The van der Waals surface area contributed by atoms with Crippen molar-refractivity contribution in [1.82, 2.24) is 0 Å². The number of hydrogen-bond acceptors (Lipinski definition) is 2. The van der Waals surface area contributed by atoms with E-state index in [9.17, 15) is 23.3 Å². The van der Waals surface area contributed by atoms with Crippen LogP contribution >= 0.6 is 0 Å². The van der Waals surface area contributed by atoms with Crippen LogP contribution in [0.4, 0.5) is 0 Å². The predicted molar refractivity (Wildman–Crippen MR) is 348 cm³/mol. The van der Waals surface area contributed by atoms with Gasteiger partial charge in [0.1, 0.15) is 22.3 Å². The summed E-state index contributed by atoms with van der Waals surface area (Å²) in [4.78, 5) is 0. The summed E-state index contributed by atoms with van der Waals surface area (Å²) in [7, 11) is 0. The standard InChI is InChI=1S/C42H26O.C38H24O/c1-2-10-27(11-3-1)28-18-19-30-25-31(21-20-29(30)24-28)41-34-13-4-6-15-36(34)42(37-16-7-5-14-35(37)41)32-22-23-40-38(26-32)33-12-8-9-17-39(33)43-40;1-2-11-25(12-3-1)26-13-10-14-27(23-26)37-30-16-4-6-18-32(30)38(33-19-7-5-17-31(33)37)28-21-22-36-34(24-28)29-15-8-9-20-35(29)39-36/h1-26H;1-24H/i1D,2D,3D,4D,5D,6D,7D,8D,9D,10D,11D,12D,13D,14D,15D,16D,17D,18D,19D,20D,21D,22D,23D,24D,25D,26D;1D,2D,3D,4D,5D,6D,7D,8D,9D,10D,11D,12D,14D,15D,16D,17D,18D,19D,20D,21D,22D,23D,24D. The smallest absolute Gasteiger partial charge is 0.135 e. The van der Waals surface area contributed by atoms with Crippen LogP contribution in [0.3, 0.4) is 0 Å². The van der Waals surface area contributed by atoms with Crippen LogP contribution in [0, 0.1) is 0 Å². The third-order valence-electron chi connectivity index (χ3n) is 13.1. The van der Waals surface area contributed by atoms with Crippen molar-refractivity contribution in [3.8, 4) is 66.8 Å². The second kappa shape index (κ2) is 19.5. The van der Waals surface area contributed by atoms with Gasteiger partial charge >= 0.3 is 0 Å². The molecule has 82 heavy (non-hydrogen) atoms. The molecule has 2 heterocycles. The number of rotatable bonds is 6. The Labute approximate surface area is 542 Å². The van der Waals surface area contributed by atoms with E-state index in [1.807, 2.05) is 0 Å². The van der Waals surface area contributed by atoms with Crippen molar-refractivity contribution in [2.24, 2.45) is 0 Å². The highest BCUT2D eigenvalue weighted by Gasteiger charge is 2.21. The molecule has 382 valence electrons. The molecule has 2 aromatic heterocycles. The van der Waals surface area contributed by atoms with Gasteiger partial charge in [0, 0.05) is 21.5 Å². The fourth-order valence-electron chi connectivity index (χ4n) is 9.63. The maximum Gasteiger partial charge on any atom is 0.135 e. The maximum atomic E-state index is 9.64. The van der Waals surface area contributed by atoms with Crippen molar-refractivity contribution in [2.45, 2.75) is 0 Å². The molecule has 0 spiro atoms. The Balaban J connectivity index is 0.000000193. The van der Waals surface area contributed by atoms with E-state index in [-0.39, 0.29) is 5.39 Å². The SMILES string of the molecule is [2H]c1c([2H])c([2H])c(-c2c([2H])c([2H])c3c([2H])c(-c4c5c([2H])c([2H])c([2H])c([2H])c5c(-c5c([2H])c([2H])c6oc7c([2H])c([2H])c([2H])c([2H])c7c6c5[2H])c5c([2H])c([2H])c([2H])c([2H])c45)c([2H])c([2H])c3c2[2H])c([2H])c1[2H].[2H]c1cc(-c2c([2H])c([2H])c([2H])c([2H])c2[2H])c([2H])c(-c2c3c([2H])c([2H])c([2H])c([2H])c3c(-c3c([2H])c([2H])c4oc5c([2H])c([2H])c([2H])c([2H])c5c4c3[2H])c3c([2H])c([2H])c([2H])c([2H])c23)c1[2H]. The minimum absolute atomic E-state index is 0.384. The van der Waals surface area contributed by atoms with Crippen molar-refractivity contribution >= 4 is 97.7 Å². The Kier molecular flexibility index (Phi) is 4.57. The second-order valence-corrected chi connectivity index (χ2v) is 17.6. The average Bonchev–Trinajstić information content (AvgIpc) is 1.65. The zero-order chi connectivity index (χ0) is 96.7. The average molecular weight is 1090 g/mol. The lowest BCUT2D eigenvalue weighted by Gasteiger charge is -2.18. The fraction of sp³-hybridized carbons (Fsp3) is 0. The molecule has 0 aliphatic carbocycles. The lowest BCUT2D eigenvalue weighted by Crippen LogP contribution is -1.91. The van der Waals surface area contributed by atoms with Crippen molar-refractivity contribution in [3.05, 3.63) is 302 Å². The number of hydrogen-bond donors (Lipinski definition) is 0. The molecule has 0 saturated heterocycles. The summed E-state index contributed by atoms with van der Waals surface area (Å²) in [6.45, 7) is 0. The van der Waals surface area contributed by atoms with Crippen LogP contribution < -0.4 is 0 Å². The predicted octanol–water partition coefficient (Wildman–Crippen LogP) is 22.9. The number of fused-ring (bicyclic) bond motifs is 11. The first kappa shape index (κ1) is 19.2. The van der Waals surface area contributed by atoms with Crippen LogP contribution in [-0.4, -0.2) is 0 Å². The number of benzene rings is 15. The molecule has 15 aromatic carbocycles. The van der Waals surface area contributed by atoms with E-state index in [0.29, 0.717) is 0 Å². The molecule has 0 aliphatic heterocycles. The highest BCUT2D eigenvalue weighted by molar-refractivity contribution is 6.24. The van der Waals surface area contributed by atoms with Crippen LogP contribution in [0.2, 0.25) is 0 Å². The lowest BCUT2D eigenvalue weighted by atomic mass is 9.85. The van der Waals surface area contributed by atoms with Gasteiger partial charge in [0.2, 0.25) is 0 Å². The second-order valence-electron chi connectivity index (χ2n) is 17.6. The van der Waals surface area contributed by atoms with E-state index in [1.54, 1.807) is 0 Å². The van der Waals surface area contributed by atoms with Gasteiger partial charge in [-0.3, -0.25) is 0 Å². The van der Waals surface area contributed by atoms with Gasteiger partial charge in [0.05, 0.1) is 67.2 Å². The Bertz CT molecular complexity index is 8150. The van der Waals surface area contributed by atoms with Gasteiger partial charge in [-0.2, -0.15) is 0 Å². The minimum Gasteiger partial charge on any atom is -0.456 e. The van der Waals surface area contributed by atoms with Crippen LogP contribution in [0.1, 0.15) is 67.2 Å². The lowest BCUT2D eigenvalue weighted by molar-refractivity contribution is 0.668. The normalized spacial score (nSPS) is 20.0. The molecule has 0 bridgehead atoms. The topological polar surface area (TPSA) is 26.3 Å². The first-order chi connectivity index (χ1) is 61.1. The monoisotopic (exact) mass is 1090 g/mol. The van der Waals surface area contributed by atoms with Gasteiger partial charge in [-0.15, -0.1) is 0 Å². The Hall–Kier alpha value is -10.8. The molecule has 17 rings (SSSR count). The van der Waals surface area contributed by atoms with Gasteiger partial charge in [-0.25, -0.2) is 0 Å². The first-order valence-electron chi connectivity index (χ1n) is 48.6. The summed E-state index contributed by atoms with van der Waals surface area (Å²) in [6, 6.07) is -41.5. The van der Waals surface area contributed by atoms with Crippen molar-refractivity contribution < 1.29 is 76.0 Å². The van der Waals surface area contributed by atoms with Gasteiger partial charge in [0.15, 0.2) is 0 Å². The Morgan fingerprint density at radius 1 is 0.183 bits per heavy atom. The molecule has 0 radical (unpaired) electrons. The third kappa shape index (κ3) is 7.95. The first-order valence-corrected chi connectivity index (χ1v) is 24.1. The molecule has 0 unspecified atom stereocenters. The highest BCUT2D eigenvalue weighted by Crippen LogP contribution is 2.48. The van der Waals surface area contributed by atoms with Crippen LogP contribution in [0.25, 0.3) is 165 Å². The quantitative estimate of drug-likeness (QED) is 0.155. The molecule has 2 heteroatoms. The van der Waals surface area contributed by atoms with Crippen LogP contribution in [-0.2, 0) is 0 Å². The third-order valence-corrected chi connectivity index (χ3v) is 13.1. The van der Waals surface area contributed by atoms with Crippen molar-refractivity contribution in [3.63, 3.8) is 0 Å². The van der Waals surface area contributed by atoms with Crippen molar-refractivity contribution in [1.29, 1.82) is 0 Å². The summed E-state index contributed by atoms with van der Waals surface area (Å²) in [5.41, 5.74) is -10.1. The van der Waals surface area contributed by atoms with Gasteiger partial charge in [-0.1, -0.05) is 248 Å². The molecule has 0 aliphatic rings. The summed E-state index contributed by atoms with van der Waals surface area (Å²) < 4.78 is 446. The van der Waals surface area contributed by atoms with E-state index in [2.05, 4.69) is 0 Å². The summed E-state index contributed by atoms with van der Waals surface area (Å²) >= 11 is 0. The molecule has 0 atom stereocenters. The Morgan fingerprint density at radius 2 is 0.476 bits per heavy atom. The van der Waals surface area contributed by atoms with Gasteiger partial charge in [0.25, 0.3) is 0 Å². The van der Waals surface area contributed by atoms with Gasteiger partial charge in [-0.05, 0) is 175 Å². The molecule has 0 amide bonds. The molecule has 0 saturated carbocycles. The maximum absolute atomic E-state index is 9.64. The van der Waals surface area contributed by atoms with Crippen molar-refractivity contribution in [2.75, 3.05) is 0 Å². The molecule has 17 aromatic rings. The molecule has 0 fully saturated rings. The number of para-hydroxylation sites is 2. The largest absolute Gasteiger partial charge is 0.456 e. The Morgan fingerprint density at radius 3 is 0.902 bits per heavy atom. The zero-order valence-electron chi connectivity index (χ0n) is 89.9. The van der Waals surface area contributed by atoms with Crippen LogP contribution in [0.5, 0.6) is 0 Å². The van der Waals surface area contributed by atoms with E-state index in [1.165, 1.54) is 0 Å². The van der Waals surface area contributed by atoms with Gasteiger partial charge < -0.3 is 8.83 Å². The summed E-state index contributed by atoms with van der Waals surface area (Å²) in [5.74, 6) is 0. The molecular weight excluding hydrogens is 993 g/mol. The zero-order valence-corrected chi connectivity index (χ0v) is 40.9. The molecule has 2 nitrogen and oxygen atoms in total. The van der Waals surface area contributed by atoms with E-state index in [4.69, 9.17) is 52.7 Å². The van der Waals surface area contributed by atoms with E-state index in [0.717, 1.165) is 6.07 Å². The highest BCUT2D eigenvalue weighted by atomic mass is 16.3. The number of furan rings is 2. The summed E-state index contributed by atoms with van der Waals surface area (Å²) in [5, 5.41) is -8.47. The van der Waals surface area contributed by atoms with E-state index >= 15 is 0 Å². The molecular formula is C80H50O2.